The minimum absolute atomic E-state index is 0.265. The average Bonchev–Trinajstić information content (AvgIpc) is 2.72. The molecule has 4 rings (SSSR count). The number of fused-ring (bicyclic) bond motifs is 1. The number of para-hydroxylation sites is 2. The van der Waals surface area contributed by atoms with E-state index in [2.05, 4.69) is 5.32 Å². The molecule has 0 aliphatic carbocycles. The maximum absolute atomic E-state index is 13.9. The smallest absolute Gasteiger partial charge is 0.272 e. The molecule has 0 atom stereocenters. The minimum Gasteiger partial charge on any atom is -0.506 e. The van der Waals surface area contributed by atoms with Crippen LogP contribution in [0.15, 0.2) is 77.6 Å². The highest BCUT2D eigenvalue weighted by Gasteiger charge is 2.23. The van der Waals surface area contributed by atoms with Gasteiger partial charge in [-0.25, -0.2) is 8.78 Å². The number of benzene rings is 3. The summed E-state index contributed by atoms with van der Waals surface area (Å²) in [6.45, 7) is 0. The van der Waals surface area contributed by atoms with E-state index in [0.717, 1.165) is 18.2 Å². The fraction of sp³-hybridized carbons (Fsp3) is 0. The second-order valence-electron chi connectivity index (χ2n) is 6.30. The quantitative estimate of drug-likeness (QED) is 0.548. The van der Waals surface area contributed by atoms with Crippen LogP contribution in [0.2, 0.25) is 0 Å². The van der Waals surface area contributed by atoms with Crippen molar-refractivity contribution in [3.63, 3.8) is 0 Å². The number of carbonyl (C=O) groups excluding carboxylic acids is 1. The molecule has 3 aromatic carbocycles. The van der Waals surface area contributed by atoms with Crippen LogP contribution in [0, 0.1) is 11.6 Å². The number of carbonyl (C=O) groups is 1. The molecule has 0 aliphatic heterocycles. The molecule has 1 heterocycles. The number of hydrogen-bond donors (Lipinski definition) is 2. The number of aromatic hydroxyl groups is 1. The molecule has 2 N–H and O–H groups in total. The lowest BCUT2D eigenvalue weighted by Crippen LogP contribution is -2.29. The van der Waals surface area contributed by atoms with Gasteiger partial charge in [-0.3, -0.25) is 14.2 Å². The van der Waals surface area contributed by atoms with Crippen LogP contribution in [0.1, 0.15) is 10.4 Å². The third kappa shape index (κ3) is 3.23. The zero-order valence-electron chi connectivity index (χ0n) is 14.9. The van der Waals surface area contributed by atoms with E-state index < -0.39 is 40.1 Å². The number of rotatable bonds is 3. The van der Waals surface area contributed by atoms with Gasteiger partial charge in [-0.05, 0) is 36.4 Å². The molecular weight excluding hydrogens is 378 g/mol. The lowest BCUT2D eigenvalue weighted by Gasteiger charge is -2.15. The van der Waals surface area contributed by atoms with Gasteiger partial charge in [-0.2, -0.15) is 0 Å². The molecule has 5 nitrogen and oxygen atoms in total. The van der Waals surface area contributed by atoms with Crippen LogP contribution in [0.4, 0.5) is 14.5 Å². The summed E-state index contributed by atoms with van der Waals surface area (Å²) in [6.07, 6.45) is 0. The molecule has 29 heavy (non-hydrogen) atoms. The lowest BCUT2D eigenvalue weighted by atomic mass is 10.1. The van der Waals surface area contributed by atoms with Crippen LogP contribution in [0.3, 0.4) is 0 Å². The molecule has 4 aromatic rings. The van der Waals surface area contributed by atoms with Gasteiger partial charge in [0, 0.05) is 17.1 Å². The molecular formula is C22H14F2N2O3. The molecule has 0 bridgehead atoms. The van der Waals surface area contributed by atoms with Crippen molar-refractivity contribution in [1.29, 1.82) is 0 Å². The first kappa shape index (κ1) is 18.4. The average molecular weight is 392 g/mol. The van der Waals surface area contributed by atoms with Gasteiger partial charge in [0.1, 0.15) is 22.9 Å². The molecule has 0 unspecified atom stereocenters. The number of halogens is 2. The van der Waals surface area contributed by atoms with Gasteiger partial charge in [0.2, 0.25) is 0 Å². The fourth-order valence-electron chi connectivity index (χ4n) is 3.14. The molecule has 0 saturated heterocycles. The van der Waals surface area contributed by atoms with E-state index in [-0.39, 0.29) is 5.39 Å². The first-order valence-electron chi connectivity index (χ1n) is 8.66. The van der Waals surface area contributed by atoms with E-state index in [1.165, 1.54) is 4.57 Å². The molecule has 1 aromatic heterocycles. The van der Waals surface area contributed by atoms with Crippen molar-refractivity contribution >= 4 is 22.5 Å². The van der Waals surface area contributed by atoms with Crippen molar-refractivity contribution in [3.05, 3.63) is 100 Å². The van der Waals surface area contributed by atoms with Gasteiger partial charge in [0.25, 0.3) is 11.5 Å². The number of pyridine rings is 1. The van der Waals surface area contributed by atoms with Gasteiger partial charge in [-0.1, -0.05) is 30.3 Å². The van der Waals surface area contributed by atoms with Crippen LogP contribution in [-0.4, -0.2) is 15.6 Å². The topological polar surface area (TPSA) is 71.3 Å². The number of aromatic nitrogens is 1. The summed E-state index contributed by atoms with van der Waals surface area (Å²) >= 11 is 0. The van der Waals surface area contributed by atoms with E-state index in [1.54, 1.807) is 54.6 Å². The summed E-state index contributed by atoms with van der Waals surface area (Å²) in [6, 6.07) is 17.7. The Hall–Kier alpha value is -4.00. The number of hydrogen-bond acceptors (Lipinski definition) is 3. The second-order valence-corrected chi connectivity index (χ2v) is 6.30. The van der Waals surface area contributed by atoms with E-state index in [1.807, 2.05) is 0 Å². The van der Waals surface area contributed by atoms with Gasteiger partial charge in [-0.15, -0.1) is 0 Å². The highest BCUT2D eigenvalue weighted by molar-refractivity contribution is 6.09. The van der Waals surface area contributed by atoms with Crippen molar-refractivity contribution in [2.24, 2.45) is 0 Å². The normalized spacial score (nSPS) is 10.8. The first-order chi connectivity index (χ1) is 14.0. The maximum atomic E-state index is 13.9. The van der Waals surface area contributed by atoms with Gasteiger partial charge in [0.05, 0.1) is 11.2 Å². The minimum atomic E-state index is -1.05. The van der Waals surface area contributed by atoms with Crippen LogP contribution in [-0.2, 0) is 0 Å². The third-order valence-electron chi connectivity index (χ3n) is 4.47. The van der Waals surface area contributed by atoms with E-state index >= 15 is 0 Å². The van der Waals surface area contributed by atoms with Crippen molar-refractivity contribution in [1.82, 2.24) is 4.57 Å². The van der Waals surface area contributed by atoms with Crippen LogP contribution < -0.4 is 10.9 Å². The van der Waals surface area contributed by atoms with Gasteiger partial charge >= 0.3 is 0 Å². The second kappa shape index (κ2) is 7.20. The molecule has 0 spiro atoms. The molecule has 0 aliphatic rings. The largest absolute Gasteiger partial charge is 0.506 e. The highest BCUT2D eigenvalue weighted by atomic mass is 19.1. The SMILES string of the molecule is O=C(Nc1cc(F)ccc1F)c1c(O)c2ccccc2n(-c2ccccc2)c1=O. The summed E-state index contributed by atoms with van der Waals surface area (Å²) in [5, 5.41) is 13.1. The highest BCUT2D eigenvalue weighted by Crippen LogP contribution is 2.28. The first-order valence-corrected chi connectivity index (χ1v) is 8.66. The van der Waals surface area contributed by atoms with E-state index in [4.69, 9.17) is 0 Å². The van der Waals surface area contributed by atoms with Crippen LogP contribution in [0.5, 0.6) is 5.75 Å². The molecule has 0 saturated carbocycles. The Morgan fingerprint density at radius 3 is 2.38 bits per heavy atom. The van der Waals surface area contributed by atoms with Gasteiger partial charge < -0.3 is 10.4 Å². The van der Waals surface area contributed by atoms with Crippen molar-refractivity contribution in [2.45, 2.75) is 0 Å². The molecule has 0 radical (unpaired) electrons. The standard InChI is InChI=1S/C22H14F2N2O3/c23-13-10-11-16(24)17(12-13)25-21(28)19-20(27)15-8-4-5-9-18(15)26(22(19)29)14-6-2-1-3-7-14/h1-12,27H,(H,25,28). The fourth-order valence-corrected chi connectivity index (χ4v) is 3.14. The summed E-state index contributed by atoms with van der Waals surface area (Å²) in [5.74, 6) is -3.21. The molecule has 1 amide bonds. The summed E-state index contributed by atoms with van der Waals surface area (Å²) in [7, 11) is 0. The maximum Gasteiger partial charge on any atom is 0.272 e. The predicted octanol–water partition coefficient (Wildman–Crippen LogP) is 4.23. The molecule has 144 valence electrons. The zero-order chi connectivity index (χ0) is 20.5. The van der Waals surface area contributed by atoms with E-state index in [9.17, 15) is 23.5 Å². The Balaban J connectivity index is 1.94. The Morgan fingerprint density at radius 2 is 1.62 bits per heavy atom. The Bertz CT molecular complexity index is 1300. The predicted molar refractivity (Wildman–Crippen MR) is 106 cm³/mol. The zero-order valence-corrected chi connectivity index (χ0v) is 14.9. The number of nitrogens with zero attached hydrogens (tertiary/aromatic N) is 1. The van der Waals surface area contributed by atoms with Gasteiger partial charge in [0.15, 0.2) is 0 Å². The summed E-state index contributed by atoms with van der Waals surface area (Å²) in [5.41, 5.74) is -0.916. The summed E-state index contributed by atoms with van der Waals surface area (Å²) < 4.78 is 28.6. The number of anilines is 1. The Labute approximate surface area is 163 Å². The third-order valence-corrected chi connectivity index (χ3v) is 4.47. The van der Waals surface area contributed by atoms with Crippen molar-refractivity contribution in [2.75, 3.05) is 5.32 Å². The lowest BCUT2D eigenvalue weighted by molar-refractivity contribution is 0.102. The summed E-state index contributed by atoms with van der Waals surface area (Å²) in [4.78, 5) is 25.9. The monoisotopic (exact) mass is 392 g/mol. The number of amides is 1. The molecule has 0 fully saturated rings. The van der Waals surface area contributed by atoms with Crippen molar-refractivity contribution < 1.29 is 18.7 Å². The van der Waals surface area contributed by atoms with Crippen LogP contribution >= 0.6 is 0 Å². The Morgan fingerprint density at radius 1 is 0.931 bits per heavy atom. The molecule has 7 heteroatoms. The van der Waals surface area contributed by atoms with Crippen LogP contribution in [0.25, 0.3) is 16.6 Å². The number of nitrogens with one attached hydrogen (secondary N) is 1. The van der Waals surface area contributed by atoms with E-state index in [0.29, 0.717) is 11.2 Å². The van der Waals surface area contributed by atoms with Crippen molar-refractivity contribution in [3.8, 4) is 11.4 Å². The Kier molecular flexibility index (Phi) is 4.56.